The first-order valence-corrected chi connectivity index (χ1v) is 6.07. The van der Waals surface area contributed by atoms with E-state index >= 15 is 0 Å². The molecule has 3 N–H and O–H groups in total. The Morgan fingerprint density at radius 2 is 2.22 bits per heavy atom. The highest BCUT2D eigenvalue weighted by Crippen LogP contribution is 2.22. The molecule has 0 saturated carbocycles. The molecule has 0 bridgehead atoms. The Balaban J connectivity index is 0.00000162. The summed E-state index contributed by atoms with van der Waals surface area (Å²) in [7, 11) is 0. The quantitative estimate of drug-likeness (QED) is 0.736. The number of anilines is 1. The molecule has 5 heteroatoms. The van der Waals surface area contributed by atoms with E-state index in [-0.39, 0.29) is 24.1 Å². The molecule has 0 radical (unpaired) electrons. The number of halogens is 1. The van der Waals surface area contributed by atoms with Crippen LogP contribution in [-0.2, 0) is 4.79 Å². The van der Waals surface area contributed by atoms with E-state index in [2.05, 4.69) is 10.6 Å². The Labute approximate surface area is 113 Å². The number of phenolic OH excluding ortho intramolecular Hbond substituents is 1. The number of para-hydroxylation sites is 2. The second-order valence-corrected chi connectivity index (χ2v) is 4.40. The number of carbonyl (C=O) groups is 1. The molecule has 1 fully saturated rings. The maximum absolute atomic E-state index is 11.7. The summed E-state index contributed by atoms with van der Waals surface area (Å²) in [5, 5.41) is 15.6. The van der Waals surface area contributed by atoms with Crippen molar-refractivity contribution in [2.75, 3.05) is 11.9 Å². The van der Waals surface area contributed by atoms with Gasteiger partial charge in [0.2, 0.25) is 5.91 Å². The molecule has 1 saturated heterocycles. The van der Waals surface area contributed by atoms with Crippen LogP contribution in [0, 0.1) is 0 Å². The first-order chi connectivity index (χ1) is 8.25. The van der Waals surface area contributed by atoms with Crippen LogP contribution in [0.25, 0.3) is 0 Å². The second-order valence-electron chi connectivity index (χ2n) is 4.40. The molecule has 1 aliphatic rings. The number of aromatic hydroxyl groups is 1. The van der Waals surface area contributed by atoms with E-state index in [1.165, 1.54) is 6.42 Å². The lowest BCUT2D eigenvalue weighted by Gasteiger charge is -2.10. The monoisotopic (exact) mass is 270 g/mol. The Hall–Kier alpha value is -1.26. The fraction of sp³-hybridized carbons (Fsp3) is 0.462. The van der Waals surface area contributed by atoms with Crippen molar-refractivity contribution in [3.63, 3.8) is 0 Å². The number of nitrogens with one attached hydrogen (secondary N) is 2. The number of hydrogen-bond donors (Lipinski definition) is 3. The minimum Gasteiger partial charge on any atom is -0.506 e. The minimum atomic E-state index is -0.0415. The molecule has 0 aliphatic carbocycles. The van der Waals surface area contributed by atoms with Crippen LogP contribution in [0.15, 0.2) is 24.3 Å². The van der Waals surface area contributed by atoms with Crippen LogP contribution in [0.4, 0.5) is 5.69 Å². The van der Waals surface area contributed by atoms with Crippen LogP contribution >= 0.6 is 12.4 Å². The SMILES string of the molecule is Cl.O=C(CCC1CCCN1)Nc1ccccc1O. The van der Waals surface area contributed by atoms with E-state index in [4.69, 9.17) is 0 Å². The van der Waals surface area contributed by atoms with Gasteiger partial charge in [-0.2, -0.15) is 0 Å². The van der Waals surface area contributed by atoms with Crippen molar-refractivity contribution in [1.82, 2.24) is 5.32 Å². The number of hydrogen-bond acceptors (Lipinski definition) is 3. The van der Waals surface area contributed by atoms with E-state index in [0.717, 1.165) is 19.4 Å². The highest BCUT2D eigenvalue weighted by molar-refractivity contribution is 5.92. The van der Waals surface area contributed by atoms with Gasteiger partial charge in [-0.1, -0.05) is 12.1 Å². The molecular weight excluding hydrogens is 252 g/mol. The average Bonchev–Trinajstić information content (AvgIpc) is 2.82. The summed E-state index contributed by atoms with van der Waals surface area (Å²) in [4.78, 5) is 11.7. The van der Waals surface area contributed by atoms with Crippen molar-refractivity contribution >= 4 is 24.0 Å². The Kier molecular flexibility index (Phi) is 5.95. The van der Waals surface area contributed by atoms with Crippen LogP contribution < -0.4 is 10.6 Å². The number of amides is 1. The molecule has 100 valence electrons. The van der Waals surface area contributed by atoms with E-state index in [9.17, 15) is 9.90 Å². The number of rotatable bonds is 4. The van der Waals surface area contributed by atoms with Crippen LogP contribution in [0.5, 0.6) is 5.75 Å². The highest BCUT2D eigenvalue weighted by Gasteiger charge is 2.15. The van der Waals surface area contributed by atoms with Crippen LogP contribution in [0.2, 0.25) is 0 Å². The molecule has 1 aliphatic heterocycles. The normalized spacial score (nSPS) is 18.1. The van der Waals surface area contributed by atoms with E-state index < -0.39 is 0 Å². The van der Waals surface area contributed by atoms with Crippen molar-refractivity contribution in [1.29, 1.82) is 0 Å². The molecule has 1 aromatic rings. The summed E-state index contributed by atoms with van der Waals surface area (Å²) in [6, 6.07) is 7.25. The van der Waals surface area contributed by atoms with Crippen molar-refractivity contribution < 1.29 is 9.90 Å². The van der Waals surface area contributed by atoms with E-state index in [1.807, 2.05) is 0 Å². The van der Waals surface area contributed by atoms with Crippen LogP contribution in [0.3, 0.4) is 0 Å². The number of benzene rings is 1. The summed E-state index contributed by atoms with van der Waals surface area (Å²) >= 11 is 0. The maximum atomic E-state index is 11.7. The number of phenols is 1. The molecule has 18 heavy (non-hydrogen) atoms. The molecule has 2 rings (SSSR count). The first-order valence-electron chi connectivity index (χ1n) is 6.07. The minimum absolute atomic E-state index is 0. The summed E-state index contributed by atoms with van der Waals surface area (Å²) in [6.45, 7) is 1.06. The third-order valence-corrected chi connectivity index (χ3v) is 3.06. The Morgan fingerprint density at radius 3 is 2.89 bits per heavy atom. The summed E-state index contributed by atoms with van der Waals surface area (Å²) < 4.78 is 0. The molecule has 1 aromatic carbocycles. The molecule has 4 nitrogen and oxygen atoms in total. The zero-order chi connectivity index (χ0) is 12.1. The average molecular weight is 271 g/mol. The topological polar surface area (TPSA) is 61.4 Å². The fourth-order valence-corrected chi connectivity index (χ4v) is 2.10. The second kappa shape index (κ2) is 7.24. The van der Waals surface area contributed by atoms with Crippen molar-refractivity contribution in [2.24, 2.45) is 0 Å². The predicted molar refractivity (Wildman–Crippen MR) is 74.2 cm³/mol. The zero-order valence-electron chi connectivity index (χ0n) is 10.2. The Morgan fingerprint density at radius 1 is 1.44 bits per heavy atom. The lowest BCUT2D eigenvalue weighted by atomic mass is 10.1. The lowest BCUT2D eigenvalue weighted by molar-refractivity contribution is -0.116. The molecular formula is C13H19ClN2O2. The fourth-order valence-electron chi connectivity index (χ4n) is 2.10. The van der Waals surface area contributed by atoms with Gasteiger partial charge < -0.3 is 15.7 Å². The van der Waals surface area contributed by atoms with E-state index in [1.54, 1.807) is 24.3 Å². The molecule has 1 heterocycles. The zero-order valence-corrected chi connectivity index (χ0v) is 11.0. The van der Waals surface area contributed by atoms with Crippen molar-refractivity contribution in [3.8, 4) is 5.75 Å². The highest BCUT2D eigenvalue weighted by atomic mass is 35.5. The van der Waals surface area contributed by atoms with Crippen LogP contribution in [-0.4, -0.2) is 23.6 Å². The standard InChI is InChI=1S/C13H18N2O2.ClH/c16-12-6-2-1-5-11(12)15-13(17)8-7-10-4-3-9-14-10;/h1-2,5-6,10,14,16H,3-4,7-9H2,(H,15,17);1H. The summed E-state index contributed by atoms with van der Waals surface area (Å²) in [5.74, 6) is 0.0695. The van der Waals surface area contributed by atoms with Gasteiger partial charge in [-0.05, 0) is 37.9 Å². The number of carbonyl (C=O) groups excluding carboxylic acids is 1. The van der Waals surface area contributed by atoms with Crippen LogP contribution in [0.1, 0.15) is 25.7 Å². The lowest BCUT2D eigenvalue weighted by Crippen LogP contribution is -2.23. The smallest absolute Gasteiger partial charge is 0.224 e. The molecule has 1 amide bonds. The molecule has 1 atom stereocenters. The Bertz CT molecular complexity index is 392. The van der Waals surface area contributed by atoms with Gasteiger partial charge in [-0.3, -0.25) is 4.79 Å². The van der Waals surface area contributed by atoms with Gasteiger partial charge in [-0.25, -0.2) is 0 Å². The van der Waals surface area contributed by atoms with Gasteiger partial charge in [0.25, 0.3) is 0 Å². The third-order valence-electron chi connectivity index (χ3n) is 3.06. The summed E-state index contributed by atoms with van der Waals surface area (Å²) in [5.41, 5.74) is 0.483. The molecule has 0 aromatic heterocycles. The van der Waals surface area contributed by atoms with Gasteiger partial charge in [0.15, 0.2) is 0 Å². The molecule has 1 unspecified atom stereocenters. The van der Waals surface area contributed by atoms with Gasteiger partial charge in [0.1, 0.15) is 5.75 Å². The van der Waals surface area contributed by atoms with E-state index in [0.29, 0.717) is 18.2 Å². The largest absolute Gasteiger partial charge is 0.506 e. The van der Waals surface area contributed by atoms with Gasteiger partial charge in [-0.15, -0.1) is 12.4 Å². The van der Waals surface area contributed by atoms with Gasteiger partial charge in [0, 0.05) is 12.5 Å². The summed E-state index contributed by atoms with van der Waals surface area (Å²) in [6.07, 6.45) is 3.71. The van der Waals surface area contributed by atoms with Gasteiger partial charge >= 0.3 is 0 Å². The van der Waals surface area contributed by atoms with Gasteiger partial charge in [0.05, 0.1) is 5.69 Å². The van der Waals surface area contributed by atoms with Crippen molar-refractivity contribution in [3.05, 3.63) is 24.3 Å². The maximum Gasteiger partial charge on any atom is 0.224 e. The molecule has 0 spiro atoms. The van der Waals surface area contributed by atoms with Crippen molar-refractivity contribution in [2.45, 2.75) is 31.7 Å². The first kappa shape index (κ1) is 14.8. The predicted octanol–water partition coefficient (Wildman–Crippen LogP) is 2.28. The third kappa shape index (κ3) is 4.20.